The number of benzene rings is 2. The number of amides is 2. The molecule has 2 aromatic carbocycles. The molecule has 1 aromatic heterocycles. The largest absolute Gasteiger partial charge is 0.497 e. The number of alkyl halides is 3. The number of hydrogen-bond acceptors (Lipinski definition) is 8. The molecule has 2 amide bonds. The average Bonchev–Trinajstić information content (AvgIpc) is 3.34. The molecule has 1 fully saturated rings. The maximum Gasteiger partial charge on any atom is 0.416 e. The molecule has 0 saturated carbocycles. The number of nitrogens with zero attached hydrogens (tertiary/aromatic N) is 2. The molecule has 2 aliphatic rings. The Balaban J connectivity index is 1.63. The van der Waals surface area contributed by atoms with E-state index in [4.69, 9.17) is 9.47 Å². The Morgan fingerprint density at radius 1 is 1.05 bits per heavy atom. The van der Waals surface area contributed by atoms with Crippen LogP contribution in [0.1, 0.15) is 28.8 Å². The summed E-state index contributed by atoms with van der Waals surface area (Å²) in [5.41, 5.74) is -0.559. The summed E-state index contributed by atoms with van der Waals surface area (Å²) in [6, 6.07) is 10.8. The molecule has 0 radical (unpaired) electrons. The lowest BCUT2D eigenvalue weighted by atomic mass is 9.83. The summed E-state index contributed by atoms with van der Waals surface area (Å²) in [5.74, 6) is -3.20. The summed E-state index contributed by atoms with van der Waals surface area (Å²) < 4.78 is 51.6. The van der Waals surface area contributed by atoms with Gasteiger partial charge in [-0.15, -0.1) is 0 Å². The summed E-state index contributed by atoms with van der Waals surface area (Å²) in [6.07, 6.45) is -4.66. The van der Waals surface area contributed by atoms with Crippen LogP contribution in [0.5, 0.6) is 5.75 Å². The first kappa shape index (κ1) is 27.0. The Kier molecular flexibility index (Phi) is 7.06. The van der Waals surface area contributed by atoms with Gasteiger partial charge in [0.2, 0.25) is 11.8 Å². The number of halogens is 3. The molecule has 0 N–H and O–H groups in total. The smallest absolute Gasteiger partial charge is 0.416 e. The SMILES string of the molecule is CCOC(=O)Cn1c2c(sc1=O)[C@@H](c1ccc(OC)cc1)[C@@H]1C(=O)N(c3cccc(C(F)(F)F)c3)C(=O)[C@@H]1S2. The molecule has 3 aromatic rings. The monoisotopic (exact) mass is 578 g/mol. The number of imide groups is 1. The molecule has 2 aliphatic heterocycles. The van der Waals surface area contributed by atoms with Gasteiger partial charge >= 0.3 is 17.0 Å². The van der Waals surface area contributed by atoms with Gasteiger partial charge in [0.1, 0.15) is 17.5 Å². The zero-order valence-electron chi connectivity index (χ0n) is 20.6. The second-order valence-corrected chi connectivity index (χ2v) is 10.9. The van der Waals surface area contributed by atoms with Gasteiger partial charge in [-0.05, 0) is 42.8 Å². The van der Waals surface area contributed by atoms with E-state index in [2.05, 4.69) is 0 Å². The Morgan fingerprint density at radius 3 is 2.41 bits per heavy atom. The number of methoxy groups -OCH3 is 1. The second kappa shape index (κ2) is 10.2. The van der Waals surface area contributed by atoms with Crippen LogP contribution in [-0.4, -0.2) is 41.3 Å². The lowest BCUT2D eigenvalue weighted by molar-refractivity contribution is -0.144. The number of thiazole rings is 1. The Labute approximate surface area is 228 Å². The van der Waals surface area contributed by atoms with Crippen molar-refractivity contribution in [3.63, 3.8) is 0 Å². The second-order valence-electron chi connectivity index (χ2n) is 8.80. The van der Waals surface area contributed by atoms with E-state index < -0.39 is 51.5 Å². The van der Waals surface area contributed by atoms with Crippen molar-refractivity contribution in [2.24, 2.45) is 5.92 Å². The number of carbonyl (C=O) groups excluding carboxylic acids is 3. The van der Waals surface area contributed by atoms with Gasteiger partial charge in [-0.1, -0.05) is 41.3 Å². The molecule has 5 rings (SSSR count). The highest BCUT2D eigenvalue weighted by molar-refractivity contribution is 8.00. The van der Waals surface area contributed by atoms with Crippen molar-refractivity contribution in [3.05, 3.63) is 74.2 Å². The van der Waals surface area contributed by atoms with Crippen LogP contribution in [0.25, 0.3) is 0 Å². The fourth-order valence-corrected chi connectivity index (χ4v) is 7.61. The van der Waals surface area contributed by atoms with E-state index in [9.17, 15) is 32.3 Å². The molecule has 0 spiro atoms. The summed E-state index contributed by atoms with van der Waals surface area (Å²) in [5, 5.41) is -0.679. The predicted molar refractivity (Wildman–Crippen MR) is 137 cm³/mol. The molecular formula is C26H21F3N2O6S2. The van der Waals surface area contributed by atoms with Gasteiger partial charge in [-0.25, -0.2) is 4.90 Å². The zero-order valence-corrected chi connectivity index (χ0v) is 22.2. The van der Waals surface area contributed by atoms with Crippen molar-refractivity contribution < 1.29 is 37.0 Å². The molecule has 1 saturated heterocycles. The maximum absolute atomic E-state index is 13.8. The number of rotatable bonds is 6. The van der Waals surface area contributed by atoms with Gasteiger partial charge < -0.3 is 9.47 Å². The fourth-order valence-electron chi connectivity index (χ4n) is 4.84. The number of hydrogen-bond donors (Lipinski definition) is 0. The van der Waals surface area contributed by atoms with Gasteiger partial charge in [-0.2, -0.15) is 13.2 Å². The first-order chi connectivity index (χ1) is 18.5. The summed E-state index contributed by atoms with van der Waals surface area (Å²) >= 11 is 1.83. The molecule has 204 valence electrons. The molecule has 8 nitrogen and oxygen atoms in total. The lowest BCUT2D eigenvalue weighted by Gasteiger charge is -2.30. The van der Waals surface area contributed by atoms with Gasteiger partial charge in [0.05, 0.1) is 35.9 Å². The number of thioether (sulfide) groups is 1. The van der Waals surface area contributed by atoms with Crippen LogP contribution >= 0.6 is 23.1 Å². The highest BCUT2D eigenvalue weighted by Gasteiger charge is 2.57. The summed E-state index contributed by atoms with van der Waals surface area (Å²) in [6.45, 7) is 1.37. The standard InChI is InChI=1S/C26H21F3N2O6S2/c1-3-37-17(32)12-30-24-21(39-25(30)35)18(13-7-9-16(36-2)10-8-13)19-20(38-24)23(34)31(22(19)33)15-6-4-5-14(11-15)26(27,28)29/h4-11,18-20H,3,12H2,1-2H3/t18-,19-,20+/m0/s1. The average molecular weight is 579 g/mol. The van der Waals surface area contributed by atoms with Crippen molar-refractivity contribution in [1.29, 1.82) is 0 Å². The molecular weight excluding hydrogens is 557 g/mol. The topological polar surface area (TPSA) is 94.9 Å². The predicted octanol–water partition coefficient (Wildman–Crippen LogP) is 4.30. The number of anilines is 1. The lowest BCUT2D eigenvalue weighted by Crippen LogP contribution is -2.32. The Morgan fingerprint density at radius 2 is 1.77 bits per heavy atom. The minimum absolute atomic E-state index is 0.116. The van der Waals surface area contributed by atoms with Crippen LogP contribution in [0.15, 0.2) is 58.4 Å². The van der Waals surface area contributed by atoms with Crippen molar-refractivity contribution in [2.75, 3.05) is 18.6 Å². The molecule has 0 aliphatic carbocycles. The minimum atomic E-state index is -4.66. The third kappa shape index (κ3) is 4.73. The van der Waals surface area contributed by atoms with Crippen LogP contribution in [-0.2, 0) is 31.8 Å². The quantitative estimate of drug-likeness (QED) is 0.318. The number of ether oxygens (including phenoxy) is 2. The van der Waals surface area contributed by atoms with Crippen LogP contribution in [0.4, 0.5) is 18.9 Å². The van der Waals surface area contributed by atoms with E-state index in [1.807, 2.05) is 0 Å². The Hall–Kier alpha value is -3.58. The van der Waals surface area contributed by atoms with Crippen molar-refractivity contribution in [2.45, 2.75) is 35.8 Å². The molecule has 39 heavy (non-hydrogen) atoms. The van der Waals surface area contributed by atoms with E-state index in [0.29, 0.717) is 21.2 Å². The highest BCUT2D eigenvalue weighted by atomic mass is 32.2. The van der Waals surface area contributed by atoms with Gasteiger partial charge in [-0.3, -0.25) is 23.7 Å². The van der Waals surface area contributed by atoms with Gasteiger partial charge in [0.25, 0.3) is 0 Å². The molecule has 3 atom stereocenters. The number of fused-ring (bicyclic) bond motifs is 2. The highest BCUT2D eigenvalue weighted by Crippen LogP contribution is 2.54. The molecule has 0 unspecified atom stereocenters. The first-order valence-corrected chi connectivity index (χ1v) is 13.5. The summed E-state index contributed by atoms with van der Waals surface area (Å²) in [7, 11) is 1.49. The fraction of sp³-hybridized carbons (Fsp3) is 0.308. The van der Waals surface area contributed by atoms with Crippen LogP contribution < -0.4 is 14.5 Å². The maximum atomic E-state index is 13.8. The van der Waals surface area contributed by atoms with E-state index in [1.165, 1.54) is 17.7 Å². The van der Waals surface area contributed by atoms with E-state index >= 15 is 0 Å². The van der Waals surface area contributed by atoms with Gasteiger partial charge in [0.15, 0.2) is 0 Å². The third-order valence-electron chi connectivity index (χ3n) is 6.55. The van der Waals surface area contributed by atoms with E-state index in [0.717, 1.165) is 46.2 Å². The van der Waals surface area contributed by atoms with Crippen molar-refractivity contribution in [3.8, 4) is 5.75 Å². The minimum Gasteiger partial charge on any atom is -0.497 e. The van der Waals surface area contributed by atoms with Crippen molar-refractivity contribution in [1.82, 2.24) is 4.57 Å². The van der Waals surface area contributed by atoms with Crippen molar-refractivity contribution >= 4 is 46.6 Å². The molecule has 3 heterocycles. The van der Waals surface area contributed by atoms with E-state index in [1.54, 1.807) is 31.2 Å². The van der Waals surface area contributed by atoms with Gasteiger partial charge in [0, 0.05) is 10.8 Å². The number of esters is 1. The number of aromatic nitrogens is 1. The van der Waals surface area contributed by atoms with E-state index in [-0.39, 0.29) is 18.8 Å². The molecule has 0 bridgehead atoms. The third-order valence-corrected chi connectivity index (χ3v) is 9.15. The number of carbonyl (C=O) groups is 3. The molecule has 13 heteroatoms. The van der Waals surface area contributed by atoms with Crippen LogP contribution in [0.2, 0.25) is 0 Å². The zero-order chi connectivity index (χ0) is 28.1. The first-order valence-electron chi connectivity index (χ1n) is 11.8. The summed E-state index contributed by atoms with van der Waals surface area (Å²) in [4.78, 5) is 53.5. The van der Waals surface area contributed by atoms with Crippen LogP contribution in [0.3, 0.4) is 0 Å². The van der Waals surface area contributed by atoms with Crippen LogP contribution in [0, 0.1) is 5.92 Å². The normalized spacial score (nSPS) is 20.5. The Bertz CT molecular complexity index is 1520.